The van der Waals surface area contributed by atoms with Crippen LogP contribution >= 0.6 is 0 Å². The summed E-state index contributed by atoms with van der Waals surface area (Å²) < 4.78 is 15.9. The van der Waals surface area contributed by atoms with Crippen LogP contribution in [0.1, 0.15) is 30.9 Å². The van der Waals surface area contributed by atoms with Crippen molar-refractivity contribution in [1.82, 2.24) is 0 Å². The largest absolute Gasteiger partial charge is 0.493 e. The quantitative estimate of drug-likeness (QED) is 0.669. The molecule has 1 aliphatic heterocycles. The predicted octanol–water partition coefficient (Wildman–Crippen LogP) is 3.55. The summed E-state index contributed by atoms with van der Waals surface area (Å²) in [6.07, 6.45) is 1.72. The lowest BCUT2D eigenvalue weighted by Crippen LogP contribution is -2.42. The number of esters is 1. The Morgan fingerprint density at radius 3 is 2.59 bits per heavy atom. The number of hydrogen-bond acceptors (Lipinski definition) is 5. The van der Waals surface area contributed by atoms with Crippen molar-refractivity contribution in [2.45, 2.75) is 38.7 Å². The number of carbonyl (C=O) groups excluding carboxylic acids is 2. The van der Waals surface area contributed by atoms with Gasteiger partial charge in [0.2, 0.25) is 0 Å². The van der Waals surface area contributed by atoms with Crippen molar-refractivity contribution in [1.29, 1.82) is 0 Å². The van der Waals surface area contributed by atoms with Crippen molar-refractivity contribution in [3.05, 3.63) is 53.6 Å². The maximum atomic E-state index is 12.8. The van der Waals surface area contributed by atoms with Gasteiger partial charge in [0, 0.05) is 18.7 Å². The Bertz CT molecular complexity index is 879. The molecule has 1 atom stereocenters. The second kappa shape index (κ2) is 9.45. The highest BCUT2D eigenvalue weighted by atomic mass is 16.5. The highest BCUT2D eigenvalue weighted by molar-refractivity contribution is 5.98. The average molecular weight is 397 g/mol. The molecule has 29 heavy (non-hydrogen) atoms. The normalized spacial score (nSPS) is 14.0. The number of fused-ring (bicyclic) bond motifs is 1. The second-order valence-corrected chi connectivity index (χ2v) is 7.04. The zero-order chi connectivity index (χ0) is 20.8. The molecule has 2 aromatic rings. The third-order valence-electron chi connectivity index (χ3n) is 5.10. The van der Waals surface area contributed by atoms with Crippen molar-refractivity contribution < 1.29 is 23.8 Å². The summed E-state index contributed by atoms with van der Waals surface area (Å²) in [6.45, 7) is 2.28. The van der Waals surface area contributed by atoms with Crippen LogP contribution in [0.4, 0.5) is 5.69 Å². The van der Waals surface area contributed by atoms with Gasteiger partial charge < -0.3 is 19.1 Å². The number of carbonyl (C=O) groups is 2. The summed E-state index contributed by atoms with van der Waals surface area (Å²) in [5.41, 5.74) is 3.00. The SMILES string of the molecule is COc1ccc(CCC(=O)OC(C)C(=O)N2CCCc3ccccc32)cc1OC. The molecule has 0 spiro atoms. The molecule has 0 saturated heterocycles. The molecule has 3 rings (SSSR count). The fraction of sp³-hybridized carbons (Fsp3) is 0.391. The van der Waals surface area contributed by atoms with Crippen molar-refractivity contribution in [3.8, 4) is 11.5 Å². The van der Waals surface area contributed by atoms with Gasteiger partial charge in [0.05, 0.1) is 14.2 Å². The fourth-order valence-electron chi connectivity index (χ4n) is 3.57. The monoisotopic (exact) mass is 397 g/mol. The zero-order valence-corrected chi connectivity index (χ0v) is 17.1. The van der Waals surface area contributed by atoms with Gasteiger partial charge in [0.1, 0.15) is 0 Å². The molecule has 1 heterocycles. The maximum absolute atomic E-state index is 12.8. The molecule has 2 aromatic carbocycles. The van der Waals surface area contributed by atoms with Gasteiger partial charge >= 0.3 is 5.97 Å². The molecule has 6 nitrogen and oxygen atoms in total. The van der Waals surface area contributed by atoms with Gasteiger partial charge in [-0.2, -0.15) is 0 Å². The van der Waals surface area contributed by atoms with Gasteiger partial charge in [-0.3, -0.25) is 9.59 Å². The van der Waals surface area contributed by atoms with E-state index in [1.54, 1.807) is 32.1 Å². The number of aryl methyl sites for hydroxylation is 2. The first-order valence-electron chi connectivity index (χ1n) is 9.83. The lowest BCUT2D eigenvalue weighted by molar-refractivity contribution is -0.153. The molecular weight excluding hydrogens is 370 g/mol. The number of benzene rings is 2. The highest BCUT2D eigenvalue weighted by Crippen LogP contribution is 2.29. The molecule has 0 saturated carbocycles. The van der Waals surface area contributed by atoms with E-state index >= 15 is 0 Å². The van der Waals surface area contributed by atoms with Crippen LogP contribution in [0.3, 0.4) is 0 Å². The highest BCUT2D eigenvalue weighted by Gasteiger charge is 2.28. The van der Waals surface area contributed by atoms with Crippen molar-refractivity contribution in [2.24, 2.45) is 0 Å². The van der Waals surface area contributed by atoms with Gasteiger partial charge in [-0.05, 0) is 55.5 Å². The predicted molar refractivity (Wildman–Crippen MR) is 111 cm³/mol. The molecule has 1 unspecified atom stereocenters. The van der Waals surface area contributed by atoms with E-state index in [1.165, 1.54) is 0 Å². The molecule has 1 amide bonds. The van der Waals surface area contributed by atoms with Crippen LogP contribution in [0.25, 0.3) is 0 Å². The maximum Gasteiger partial charge on any atom is 0.306 e. The molecule has 0 aromatic heterocycles. The minimum atomic E-state index is -0.820. The number of nitrogens with zero attached hydrogens (tertiary/aromatic N) is 1. The molecule has 0 radical (unpaired) electrons. The van der Waals surface area contributed by atoms with E-state index in [0.29, 0.717) is 24.5 Å². The topological polar surface area (TPSA) is 65.1 Å². The Morgan fingerprint density at radius 2 is 1.83 bits per heavy atom. The summed E-state index contributed by atoms with van der Waals surface area (Å²) in [7, 11) is 3.15. The first kappa shape index (κ1) is 20.7. The number of anilines is 1. The number of methoxy groups -OCH3 is 2. The van der Waals surface area contributed by atoms with E-state index in [-0.39, 0.29) is 12.3 Å². The van der Waals surface area contributed by atoms with Gasteiger partial charge in [-0.15, -0.1) is 0 Å². The molecule has 0 bridgehead atoms. The fourth-order valence-corrected chi connectivity index (χ4v) is 3.57. The smallest absolute Gasteiger partial charge is 0.306 e. The van der Waals surface area contributed by atoms with Crippen LogP contribution in [0.15, 0.2) is 42.5 Å². The van der Waals surface area contributed by atoms with Crippen molar-refractivity contribution >= 4 is 17.6 Å². The molecular formula is C23H27NO5. The molecule has 1 aliphatic rings. The Hall–Kier alpha value is -3.02. The van der Waals surface area contributed by atoms with Crippen LogP contribution in [0, 0.1) is 0 Å². The standard InChI is InChI=1S/C23H27NO5/c1-16(23(26)24-14-6-8-18-7-4-5-9-19(18)24)29-22(25)13-11-17-10-12-20(27-2)21(15-17)28-3/h4-5,7,9-10,12,15-16H,6,8,11,13-14H2,1-3H3. The van der Waals surface area contributed by atoms with Crippen LogP contribution in [0.2, 0.25) is 0 Å². The number of amides is 1. The van der Waals surface area contributed by atoms with E-state index < -0.39 is 12.1 Å². The van der Waals surface area contributed by atoms with Gasteiger partial charge in [0.15, 0.2) is 17.6 Å². The van der Waals surface area contributed by atoms with E-state index in [0.717, 1.165) is 29.7 Å². The number of hydrogen-bond donors (Lipinski definition) is 0. The van der Waals surface area contributed by atoms with Crippen LogP contribution < -0.4 is 14.4 Å². The van der Waals surface area contributed by atoms with Crippen molar-refractivity contribution in [2.75, 3.05) is 25.7 Å². The molecule has 0 fully saturated rings. The molecule has 0 aliphatic carbocycles. The second-order valence-electron chi connectivity index (χ2n) is 7.04. The molecule has 154 valence electrons. The average Bonchev–Trinajstić information content (AvgIpc) is 2.76. The van der Waals surface area contributed by atoms with E-state index in [4.69, 9.17) is 14.2 Å². The molecule has 6 heteroatoms. The van der Waals surface area contributed by atoms with Crippen molar-refractivity contribution in [3.63, 3.8) is 0 Å². The number of para-hydroxylation sites is 1. The third-order valence-corrected chi connectivity index (χ3v) is 5.10. The van der Waals surface area contributed by atoms with E-state index in [1.807, 2.05) is 36.4 Å². The number of rotatable bonds is 7. The van der Waals surface area contributed by atoms with E-state index in [2.05, 4.69) is 0 Å². The first-order valence-corrected chi connectivity index (χ1v) is 9.83. The first-order chi connectivity index (χ1) is 14.0. The van der Waals surface area contributed by atoms with Crippen LogP contribution in [-0.4, -0.2) is 38.7 Å². The van der Waals surface area contributed by atoms with Crippen LogP contribution in [-0.2, 0) is 27.2 Å². The minimum Gasteiger partial charge on any atom is -0.493 e. The summed E-state index contributed by atoms with van der Waals surface area (Å²) in [6, 6.07) is 13.4. The Kier molecular flexibility index (Phi) is 6.75. The lowest BCUT2D eigenvalue weighted by atomic mass is 10.0. The Labute approximate surface area is 171 Å². The van der Waals surface area contributed by atoms with Gasteiger partial charge in [-0.1, -0.05) is 24.3 Å². The van der Waals surface area contributed by atoms with E-state index in [9.17, 15) is 9.59 Å². The third kappa shape index (κ3) is 4.88. The summed E-state index contributed by atoms with van der Waals surface area (Å²) in [5.74, 6) is 0.674. The van der Waals surface area contributed by atoms with Gasteiger partial charge in [0.25, 0.3) is 5.91 Å². The summed E-state index contributed by atoms with van der Waals surface area (Å²) >= 11 is 0. The number of ether oxygens (including phenoxy) is 3. The minimum absolute atomic E-state index is 0.184. The Morgan fingerprint density at radius 1 is 1.07 bits per heavy atom. The molecule has 0 N–H and O–H groups in total. The zero-order valence-electron chi connectivity index (χ0n) is 17.1. The van der Waals surface area contributed by atoms with Crippen LogP contribution in [0.5, 0.6) is 11.5 Å². The van der Waals surface area contributed by atoms with Gasteiger partial charge in [-0.25, -0.2) is 0 Å². The summed E-state index contributed by atoms with van der Waals surface area (Å²) in [4.78, 5) is 26.9. The summed E-state index contributed by atoms with van der Waals surface area (Å²) in [5, 5.41) is 0. The lowest BCUT2D eigenvalue weighted by Gasteiger charge is -2.31. The Balaban J connectivity index is 1.56.